The van der Waals surface area contributed by atoms with Gasteiger partial charge in [-0.2, -0.15) is 0 Å². The molecule has 0 bridgehead atoms. The lowest BCUT2D eigenvalue weighted by molar-refractivity contribution is 0.0286. The van der Waals surface area contributed by atoms with Crippen molar-refractivity contribution < 1.29 is 19.3 Å². The average Bonchev–Trinajstić information content (AvgIpc) is 2.87. The van der Waals surface area contributed by atoms with E-state index in [0.717, 1.165) is 43.9 Å². The minimum atomic E-state index is -0.487. The van der Waals surface area contributed by atoms with Crippen LogP contribution in [0.15, 0.2) is 47.4 Å². The predicted octanol–water partition coefficient (Wildman–Crippen LogP) is 5.39. The number of piperazine rings is 1. The van der Waals surface area contributed by atoms with Gasteiger partial charge in [0.2, 0.25) is 5.75 Å². The van der Waals surface area contributed by atoms with Crippen LogP contribution < -0.4 is 14.2 Å². The van der Waals surface area contributed by atoms with Gasteiger partial charge in [0.25, 0.3) is 0 Å². The van der Waals surface area contributed by atoms with Crippen molar-refractivity contribution in [2.75, 3.05) is 54.1 Å². The molecule has 3 rings (SSSR count). The summed E-state index contributed by atoms with van der Waals surface area (Å²) < 4.78 is 16.3. The van der Waals surface area contributed by atoms with Gasteiger partial charge in [-0.1, -0.05) is 38.1 Å². The molecule has 1 N–H and O–H groups in total. The van der Waals surface area contributed by atoms with Crippen molar-refractivity contribution in [3.8, 4) is 17.2 Å². The maximum Gasteiger partial charge on any atom is 0.203 e. The quantitative estimate of drug-likeness (QED) is 0.386. The standard InChI is InChI=1S/C28H40N2O4S.ClH/c1-20(2)35-24-11-9-23(10-12-24)27(31)21(3)30-16-14-29(15-17-30)13-7-8-22-18-25(32-4)28(34-6)26(19-22)33-5;/h7-12,18-21,27,31H,13-17H2,1-6H3;1H. The lowest BCUT2D eigenvalue weighted by Gasteiger charge is -2.39. The number of aliphatic hydroxyl groups excluding tert-OH is 1. The highest BCUT2D eigenvalue weighted by atomic mass is 35.5. The fraction of sp³-hybridized carbons (Fsp3) is 0.500. The van der Waals surface area contributed by atoms with Crippen LogP contribution in [-0.4, -0.2) is 80.3 Å². The van der Waals surface area contributed by atoms with E-state index >= 15 is 0 Å². The first-order valence-electron chi connectivity index (χ1n) is 12.2. The largest absolute Gasteiger partial charge is 0.493 e. The smallest absolute Gasteiger partial charge is 0.203 e. The Morgan fingerprint density at radius 2 is 1.50 bits per heavy atom. The normalized spacial score (nSPS) is 16.6. The fourth-order valence-corrected chi connectivity index (χ4v) is 5.22. The minimum Gasteiger partial charge on any atom is -0.493 e. The van der Waals surface area contributed by atoms with E-state index in [1.54, 1.807) is 21.3 Å². The summed E-state index contributed by atoms with van der Waals surface area (Å²) in [6, 6.07) is 12.4. The van der Waals surface area contributed by atoms with Crippen molar-refractivity contribution in [2.45, 2.75) is 43.1 Å². The Morgan fingerprint density at radius 1 is 0.917 bits per heavy atom. The number of halogens is 1. The second-order valence-corrected chi connectivity index (χ2v) is 10.8. The summed E-state index contributed by atoms with van der Waals surface area (Å²) in [6.45, 7) is 11.2. The van der Waals surface area contributed by atoms with Crippen LogP contribution in [0, 0.1) is 0 Å². The summed E-state index contributed by atoms with van der Waals surface area (Å²) in [5, 5.41) is 11.5. The zero-order chi connectivity index (χ0) is 25.4. The van der Waals surface area contributed by atoms with Gasteiger partial charge in [0.15, 0.2) is 11.5 Å². The first-order valence-corrected chi connectivity index (χ1v) is 13.1. The molecule has 200 valence electrons. The van der Waals surface area contributed by atoms with Gasteiger partial charge in [0, 0.05) is 48.9 Å². The first-order chi connectivity index (χ1) is 16.9. The second kappa shape index (κ2) is 14.7. The van der Waals surface area contributed by atoms with Crippen LogP contribution in [0.5, 0.6) is 17.2 Å². The maximum absolute atomic E-state index is 11.0. The number of ether oxygens (including phenoxy) is 3. The van der Waals surface area contributed by atoms with Crippen LogP contribution in [0.2, 0.25) is 0 Å². The Bertz CT molecular complexity index is 938. The van der Waals surface area contributed by atoms with Crippen LogP contribution in [0.1, 0.15) is 38.0 Å². The Hall–Kier alpha value is -1.90. The lowest BCUT2D eigenvalue weighted by Crippen LogP contribution is -2.50. The fourth-order valence-electron chi connectivity index (χ4n) is 4.38. The molecule has 1 aliphatic rings. The van der Waals surface area contributed by atoms with Crippen LogP contribution in [-0.2, 0) is 0 Å². The Morgan fingerprint density at radius 3 is 2.00 bits per heavy atom. The number of rotatable bonds is 11. The van der Waals surface area contributed by atoms with Crippen LogP contribution >= 0.6 is 24.2 Å². The van der Waals surface area contributed by atoms with E-state index < -0.39 is 6.10 Å². The molecule has 0 saturated carbocycles. The van der Waals surface area contributed by atoms with Gasteiger partial charge >= 0.3 is 0 Å². The third kappa shape index (κ3) is 8.05. The number of aliphatic hydroxyl groups is 1. The Labute approximate surface area is 227 Å². The highest BCUT2D eigenvalue weighted by Gasteiger charge is 2.26. The van der Waals surface area contributed by atoms with Crippen molar-refractivity contribution in [2.24, 2.45) is 0 Å². The van der Waals surface area contributed by atoms with Gasteiger partial charge in [-0.3, -0.25) is 9.80 Å². The molecule has 6 nitrogen and oxygen atoms in total. The van der Waals surface area contributed by atoms with E-state index in [1.165, 1.54) is 4.90 Å². The molecule has 36 heavy (non-hydrogen) atoms. The molecule has 1 heterocycles. The van der Waals surface area contributed by atoms with Gasteiger partial charge in [-0.25, -0.2) is 0 Å². The van der Waals surface area contributed by atoms with Gasteiger partial charge in [-0.15, -0.1) is 24.2 Å². The van der Waals surface area contributed by atoms with Crippen molar-refractivity contribution in [3.05, 3.63) is 53.6 Å². The SMILES string of the molecule is COc1cc(C=CCN2CCN(C(C)C(O)c3ccc(SC(C)C)cc3)CC2)cc(OC)c1OC.Cl. The number of methoxy groups -OCH3 is 3. The van der Waals surface area contributed by atoms with Crippen molar-refractivity contribution in [1.82, 2.24) is 9.80 Å². The third-order valence-electron chi connectivity index (χ3n) is 6.39. The number of benzene rings is 2. The van der Waals surface area contributed by atoms with E-state index in [1.807, 2.05) is 23.9 Å². The topological polar surface area (TPSA) is 54.4 Å². The second-order valence-electron chi connectivity index (χ2n) is 9.12. The zero-order valence-corrected chi connectivity index (χ0v) is 23.9. The molecule has 0 radical (unpaired) electrons. The van der Waals surface area contributed by atoms with Crippen LogP contribution in [0.3, 0.4) is 0 Å². The molecule has 0 spiro atoms. The third-order valence-corrected chi connectivity index (χ3v) is 7.41. The summed E-state index contributed by atoms with van der Waals surface area (Å²) in [7, 11) is 4.87. The molecule has 2 unspecified atom stereocenters. The highest BCUT2D eigenvalue weighted by Crippen LogP contribution is 2.38. The molecule has 1 saturated heterocycles. The highest BCUT2D eigenvalue weighted by molar-refractivity contribution is 7.99. The summed E-state index contributed by atoms with van der Waals surface area (Å²) >= 11 is 1.84. The molecule has 1 fully saturated rings. The molecule has 0 aromatic heterocycles. The van der Waals surface area contributed by atoms with E-state index in [4.69, 9.17) is 14.2 Å². The molecule has 8 heteroatoms. The number of nitrogens with zero attached hydrogens (tertiary/aromatic N) is 2. The zero-order valence-electron chi connectivity index (χ0n) is 22.3. The van der Waals surface area contributed by atoms with Crippen molar-refractivity contribution >= 4 is 30.2 Å². The summed E-state index contributed by atoms with van der Waals surface area (Å²) in [4.78, 5) is 6.07. The van der Waals surface area contributed by atoms with E-state index in [0.29, 0.717) is 22.5 Å². The first kappa shape index (κ1) is 30.3. The van der Waals surface area contributed by atoms with Gasteiger partial charge in [-0.05, 0) is 42.3 Å². The molecule has 2 atom stereocenters. The lowest BCUT2D eigenvalue weighted by atomic mass is 10.0. The van der Waals surface area contributed by atoms with Crippen LogP contribution in [0.25, 0.3) is 6.08 Å². The Kier molecular flexibility index (Phi) is 12.4. The number of hydrogen-bond donors (Lipinski definition) is 1. The molecule has 0 aliphatic carbocycles. The van der Waals surface area contributed by atoms with Gasteiger partial charge in [0.1, 0.15) is 0 Å². The van der Waals surface area contributed by atoms with E-state index in [-0.39, 0.29) is 18.4 Å². The Balaban J connectivity index is 0.00000456. The van der Waals surface area contributed by atoms with Gasteiger partial charge < -0.3 is 19.3 Å². The molecule has 0 amide bonds. The molecule has 1 aliphatic heterocycles. The molecular weight excluding hydrogens is 496 g/mol. The molecule has 2 aromatic carbocycles. The van der Waals surface area contributed by atoms with E-state index in [2.05, 4.69) is 67.0 Å². The predicted molar refractivity (Wildman–Crippen MR) is 152 cm³/mol. The molecular formula is C28H41ClN2O4S. The number of hydrogen-bond acceptors (Lipinski definition) is 7. The summed E-state index contributed by atoms with van der Waals surface area (Å²) in [5.41, 5.74) is 1.99. The van der Waals surface area contributed by atoms with Crippen molar-refractivity contribution in [1.29, 1.82) is 0 Å². The van der Waals surface area contributed by atoms with Gasteiger partial charge in [0.05, 0.1) is 27.4 Å². The maximum atomic E-state index is 11.0. The summed E-state index contributed by atoms with van der Waals surface area (Å²) in [6.07, 6.45) is 3.77. The van der Waals surface area contributed by atoms with Crippen molar-refractivity contribution in [3.63, 3.8) is 0 Å². The number of thioether (sulfide) groups is 1. The monoisotopic (exact) mass is 536 g/mol. The minimum absolute atomic E-state index is 0. The summed E-state index contributed by atoms with van der Waals surface area (Å²) in [5.74, 6) is 1.91. The van der Waals surface area contributed by atoms with Crippen LogP contribution in [0.4, 0.5) is 0 Å². The van der Waals surface area contributed by atoms with E-state index in [9.17, 15) is 5.11 Å². The average molecular weight is 537 g/mol. The molecule has 2 aromatic rings.